The van der Waals surface area contributed by atoms with Crippen molar-refractivity contribution in [1.29, 1.82) is 0 Å². The molecular formula is C12H17N3O2. The lowest BCUT2D eigenvalue weighted by molar-refractivity contribution is -0.116. The van der Waals surface area contributed by atoms with Gasteiger partial charge in [0.05, 0.1) is 5.69 Å². The van der Waals surface area contributed by atoms with E-state index in [1.165, 1.54) is 0 Å². The van der Waals surface area contributed by atoms with Crippen molar-refractivity contribution >= 4 is 17.4 Å². The van der Waals surface area contributed by atoms with Gasteiger partial charge in [0, 0.05) is 12.0 Å². The first-order chi connectivity index (χ1) is 8.10. The molecule has 0 unspecified atom stereocenters. The number of amides is 1. The quantitative estimate of drug-likeness (QED) is 0.322. The van der Waals surface area contributed by atoms with E-state index in [2.05, 4.69) is 10.5 Å². The average molecular weight is 235 g/mol. The molecule has 1 rings (SSSR count). The Morgan fingerprint density at radius 3 is 2.82 bits per heavy atom. The van der Waals surface area contributed by atoms with E-state index in [4.69, 9.17) is 10.9 Å². The molecule has 5 heteroatoms. The summed E-state index contributed by atoms with van der Waals surface area (Å²) in [6.45, 7) is 3.77. The lowest BCUT2D eigenvalue weighted by Crippen LogP contribution is -2.20. The molecule has 0 aliphatic carbocycles. The molecule has 0 fully saturated rings. The van der Waals surface area contributed by atoms with E-state index in [9.17, 15) is 4.79 Å². The van der Waals surface area contributed by atoms with Gasteiger partial charge in [0.15, 0.2) is 5.84 Å². The Kier molecular flexibility index (Phi) is 4.51. The average Bonchev–Trinajstić information content (AvgIpc) is 2.28. The Morgan fingerprint density at radius 1 is 1.53 bits per heavy atom. The van der Waals surface area contributed by atoms with Gasteiger partial charge in [0.1, 0.15) is 0 Å². The van der Waals surface area contributed by atoms with Gasteiger partial charge in [-0.15, -0.1) is 0 Å². The first kappa shape index (κ1) is 13.0. The van der Waals surface area contributed by atoms with Crippen molar-refractivity contribution in [3.05, 3.63) is 29.3 Å². The number of nitrogens with two attached hydrogens (primary N) is 1. The molecule has 17 heavy (non-hydrogen) atoms. The number of carbonyl (C=O) groups excluding carboxylic acids is 1. The highest BCUT2D eigenvalue weighted by atomic mass is 16.4. The third-order valence-corrected chi connectivity index (χ3v) is 2.39. The number of amidine groups is 1. The van der Waals surface area contributed by atoms with Crippen molar-refractivity contribution in [1.82, 2.24) is 0 Å². The fourth-order valence-electron chi connectivity index (χ4n) is 1.60. The van der Waals surface area contributed by atoms with Crippen LogP contribution in [0.5, 0.6) is 0 Å². The lowest BCUT2D eigenvalue weighted by atomic mass is 10.1. The Balaban J connectivity index is 3.07. The number of oxime groups is 1. The number of rotatable bonds is 4. The number of nitrogens with one attached hydrogen (secondary N) is 1. The number of aryl methyl sites for hydroxylation is 1. The zero-order valence-electron chi connectivity index (χ0n) is 10.0. The number of nitrogens with zero attached hydrogens (tertiary/aromatic N) is 1. The normalized spacial score (nSPS) is 11.3. The van der Waals surface area contributed by atoms with Crippen LogP contribution < -0.4 is 11.1 Å². The summed E-state index contributed by atoms with van der Waals surface area (Å²) in [7, 11) is 0. The monoisotopic (exact) mass is 235 g/mol. The van der Waals surface area contributed by atoms with E-state index < -0.39 is 0 Å². The number of anilines is 1. The second-order valence-corrected chi connectivity index (χ2v) is 3.78. The second-order valence-electron chi connectivity index (χ2n) is 3.78. The van der Waals surface area contributed by atoms with Crippen LogP contribution in [0.3, 0.4) is 0 Å². The van der Waals surface area contributed by atoms with Gasteiger partial charge in [-0.2, -0.15) is 0 Å². The van der Waals surface area contributed by atoms with E-state index in [0.29, 0.717) is 17.7 Å². The van der Waals surface area contributed by atoms with Crippen LogP contribution in [0.15, 0.2) is 23.4 Å². The SMILES string of the molecule is CCCC(=O)Nc1cccc(C)c1/C(N)=N/O. The summed E-state index contributed by atoms with van der Waals surface area (Å²) >= 11 is 0. The summed E-state index contributed by atoms with van der Waals surface area (Å²) in [5, 5.41) is 14.5. The van der Waals surface area contributed by atoms with Gasteiger partial charge in [0.2, 0.25) is 5.91 Å². The highest BCUT2D eigenvalue weighted by Gasteiger charge is 2.11. The van der Waals surface area contributed by atoms with Gasteiger partial charge in [-0.3, -0.25) is 4.79 Å². The van der Waals surface area contributed by atoms with Crippen LogP contribution >= 0.6 is 0 Å². The minimum atomic E-state index is -0.0786. The van der Waals surface area contributed by atoms with E-state index >= 15 is 0 Å². The first-order valence-corrected chi connectivity index (χ1v) is 5.47. The third kappa shape index (κ3) is 3.21. The summed E-state index contributed by atoms with van der Waals surface area (Å²) in [4.78, 5) is 11.5. The van der Waals surface area contributed by atoms with Gasteiger partial charge >= 0.3 is 0 Å². The standard InChI is InChI=1S/C12H17N3O2/c1-3-5-10(16)14-9-7-4-6-8(2)11(9)12(13)15-17/h4,6-7,17H,3,5H2,1-2H3,(H2,13,15)(H,14,16). The summed E-state index contributed by atoms with van der Waals surface area (Å²) in [5.41, 5.74) is 7.56. The van der Waals surface area contributed by atoms with E-state index in [-0.39, 0.29) is 11.7 Å². The summed E-state index contributed by atoms with van der Waals surface area (Å²) in [6, 6.07) is 5.38. The van der Waals surface area contributed by atoms with Crippen LogP contribution in [0.2, 0.25) is 0 Å². The largest absolute Gasteiger partial charge is 0.409 e. The second kappa shape index (κ2) is 5.89. The van der Waals surface area contributed by atoms with Crippen LogP contribution in [-0.2, 0) is 4.79 Å². The van der Waals surface area contributed by atoms with E-state index in [1.807, 2.05) is 26.0 Å². The van der Waals surface area contributed by atoms with Gasteiger partial charge in [0.25, 0.3) is 0 Å². The molecule has 1 amide bonds. The summed E-state index contributed by atoms with van der Waals surface area (Å²) < 4.78 is 0. The number of hydrogen-bond donors (Lipinski definition) is 3. The van der Waals surface area contributed by atoms with Crippen molar-refractivity contribution in [3.8, 4) is 0 Å². The van der Waals surface area contributed by atoms with Crippen molar-refractivity contribution in [3.63, 3.8) is 0 Å². The smallest absolute Gasteiger partial charge is 0.224 e. The van der Waals surface area contributed by atoms with Gasteiger partial charge in [-0.25, -0.2) is 0 Å². The minimum absolute atomic E-state index is 0.00472. The fraction of sp³-hybridized carbons (Fsp3) is 0.333. The molecule has 0 saturated carbocycles. The molecule has 0 aliphatic rings. The molecule has 0 heterocycles. The predicted molar refractivity (Wildman–Crippen MR) is 67.2 cm³/mol. The number of carbonyl (C=O) groups is 1. The van der Waals surface area contributed by atoms with Crippen LogP contribution in [0.4, 0.5) is 5.69 Å². The fourth-order valence-corrected chi connectivity index (χ4v) is 1.60. The summed E-state index contributed by atoms with van der Waals surface area (Å²) in [6.07, 6.45) is 1.22. The van der Waals surface area contributed by atoms with Gasteiger partial charge < -0.3 is 16.3 Å². The molecule has 1 aromatic rings. The predicted octanol–water partition coefficient (Wildman–Crippen LogP) is 1.83. The minimum Gasteiger partial charge on any atom is -0.409 e. The van der Waals surface area contributed by atoms with Crippen LogP contribution in [-0.4, -0.2) is 17.0 Å². The molecule has 5 nitrogen and oxygen atoms in total. The van der Waals surface area contributed by atoms with Gasteiger partial charge in [-0.1, -0.05) is 24.2 Å². The zero-order valence-corrected chi connectivity index (χ0v) is 10.0. The Bertz CT molecular complexity index is 441. The molecular weight excluding hydrogens is 218 g/mol. The van der Waals surface area contributed by atoms with Gasteiger partial charge in [-0.05, 0) is 25.0 Å². The molecule has 0 aliphatic heterocycles. The molecule has 4 N–H and O–H groups in total. The van der Waals surface area contributed by atoms with Crippen molar-refractivity contribution in [2.24, 2.45) is 10.9 Å². The maximum atomic E-state index is 11.5. The Hall–Kier alpha value is -2.04. The van der Waals surface area contributed by atoms with Crippen molar-refractivity contribution in [2.45, 2.75) is 26.7 Å². The highest BCUT2D eigenvalue weighted by molar-refractivity contribution is 6.06. The number of benzene rings is 1. The first-order valence-electron chi connectivity index (χ1n) is 5.47. The zero-order chi connectivity index (χ0) is 12.8. The maximum Gasteiger partial charge on any atom is 0.224 e. The van der Waals surface area contributed by atoms with Crippen LogP contribution in [0.1, 0.15) is 30.9 Å². The van der Waals surface area contributed by atoms with Crippen LogP contribution in [0, 0.1) is 6.92 Å². The maximum absolute atomic E-state index is 11.5. The Labute approximate surface area is 100 Å². The molecule has 0 saturated heterocycles. The third-order valence-electron chi connectivity index (χ3n) is 2.39. The molecule has 1 aromatic carbocycles. The molecule has 92 valence electrons. The summed E-state index contributed by atoms with van der Waals surface area (Å²) in [5.74, 6) is -0.0833. The lowest BCUT2D eigenvalue weighted by Gasteiger charge is -2.12. The highest BCUT2D eigenvalue weighted by Crippen LogP contribution is 2.19. The topological polar surface area (TPSA) is 87.7 Å². The van der Waals surface area contributed by atoms with E-state index in [0.717, 1.165) is 12.0 Å². The van der Waals surface area contributed by atoms with Crippen molar-refractivity contribution in [2.75, 3.05) is 5.32 Å². The van der Waals surface area contributed by atoms with Crippen LogP contribution in [0.25, 0.3) is 0 Å². The molecule has 0 spiro atoms. The van der Waals surface area contributed by atoms with Crippen molar-refractivity contribution < 1.29 is 10.0 Å². The number of hydrogen-bond acceptors (Lipinski definition) is 3. The molecule has 0 radical (unpaired) electrons. The Morgan fingerprint density at radius 2 is 2.24 bits per heavy atom. The molecule has 0 aromatic heterocycles. The van der Waals surface area contributed by atoms with E-state index in [1.54, 1.807) is 6.07 Å². The molecule has 0 atom stereocenters. The molecule has 0 bridgehead atoms.